The van der Waals surface area contributed by atoms with Crippen LogP contribution >= 0.6 is 27.3 Å². The molecule has 0 aliphatic rings. The molecule has 88 valence electrons. The molecule has 1 aromatic heterocycles. The van der Waals surface area contributed by atoms with Crippen molar-refractivity contribution in [3.05, 3.63) is 26.9 Å². The van der Waals surface area contributed by atoms with E-state index in [1.54, 1.807) is 11.3 Å². The van der Waals surface area contributed by atoms with E-state index in [1.165, 1.54) is 10.5 Å². The van der Waals surface area contributed by atoms with Crippen LogP contribution in [0.2, 0.25) is 0 Å². The summed E-state index contributed by atoms with van der Waals surface area (Å²) in [5.74, 6) is -0.126. The van der Waals surface area contributed by atoms with Gasteiger partial charge in [0, 0.05) is 21.2 Å². The third-order valence-corrected chi connectivity index (χ3v) is 3.89. The molecule has 0 bridgehead atoms. The Bertz CT molecular complexity index is 382. The van der Waals surface area contributed by atoms with Gasteiger partial charge in [-0.2, -0.15) is 0 Å². The lowest BCUT2D eigenvalue weighted by Gasteiger charge is -1.99. The zero-order valence-corrected chi connectivity index (χ0v) is 11.9. The summed E-state index contributed by atoms with van der Waals surface area (Å²) in [6.45, 7) is 4.34. The van der Waals surface area contributed by atoms with Crippen LogP contribution in [0.1, 0.15) is 31.6 Å². The van der Waals surface area contributed by atoms with E-state index in [0.29, 0.717) is 13.0 Å². The van der Waals surface area contributed by atoms with Crippen LogP contribution in [0.5, 0.6) is 0 Å². The van der Waals surface area contributed by atoms with Crippen LogP contribution in [0, 0.1) is 0 Å². The molecule has 1 aromatic rings. The predicted molar refractivity (Wildman–Crippen MR) is 71.5 cm³/mol. The van der Waals surface area contributed by atoms with Crippen LogP contribution in [0.4, 0.5) is 0 Å². The van der Waals surface area contributed by atoms with Gasteiger partial charge in [-0.25, -0.2) is 0 Å². The topological polar surface area (TPSA) is 26.3 Å². The fourth-order valence-electron chi connectivity index (χ4n) is 1.26. The Morgan fingerprint density at radius 3 is 2.94 bits per heavy atom. The quantitative estimate of drug-likeness (QED) is 0.760. The van der Waals surface area contributed by atoms with E-state index in [0.717, 1.165) is 10.9 Å². The minimum absolute atomic E-state index is 0.126. The minimum atomic E-state index is -0.126. The predicted octanol–water partition coefficient (Wildman–Crippen LogP) is 4.26. The minimum Gasteiger partial charge on any atom is -0.466 e. The Morgan fingerprint density at radius 2 is 2.38 bits per heavy atom. The highest BCUT2D eigenvalue weighted by molar-refractivity contribution is 9.10. The fourth-order valence-corrected chi connectivity index (χ4v) is 2.69. The number of carbonyl (C=O) groups excluding carboxylic acids is 1. The number of thiophene rings is 1. The molecule has 1 heterocycles. The highest BCUT2D eigenvalue weighted by Crippen LogP contribution is 2.26. The maximum Gasteiger partial charge on any atom is 0.306 e. The van der Waals surface area contributed by atoms with E-state index in [4.69, 9.17) is 4.74 Å². The summed E-state index contributed by atoms with van der Waals surface area (Å²) >= 11 is 5.12. The third-order valence-electron chi connectivity index (χ3n) is 2.06. The average molecular weight is 303 g/mol. The molecule has 0 aromatic carbocycles. The van der Waals surface area contributed by atoms with E-state index >= 15 is 0 Å². The lowest BCUT2D eigenvalue weighted by atomic mass is 10.2. The van der Waals surface area contributed by atoms with Gasteiger partial charge in [0.15, 0.2) is 0 Å². The molecular weight excluding hydrogens is 288 g/mol. The van der Waals surface area contributed by atoms with Crippen molar-refractivity contribution in [3.8, 4) is 0 Å². The van der Waals surface area contributed by atoms with Crippen LogP contribution in [0.3, 0.4) is 0 Å². The summed E-state index contributed by atoms with van der Waals surface area (Å²) in [6.07, 6.45) is 3.27. The average Bonchev–Trinajstić information content (AvgIpc) is 2.65. The molecule has 0 N–H and O–H groups in total. The van der Waals surface area contributed by atoms with Crippen molar-refractivity contribution in [1.82, 2.24) is 0 Å². The Labute approximate surface area is 108 Å². The molecule has 0 radical (unpaired) electrons. The molecule has 0 fully saturated rings. The summed E-state index contributed by atoms with van der Waals surface area (Å²) in [4.78, 5) is 12.3. The van der Waals surface area contributed by atoms with Gasteiger partial charge in [0.2, 0.25) is 0 Å². The first-order chi connectivity index (χ1) is 7.63. The summed E-state index contributed by atoms with van der Waals surface area (Å²) in [5, 5.41) is 2.05. The van der Waals surface area contributed by atoms with Gasteiger partial charge in [0.05, 0.1) is 6.61 Å². The Balaban J connectivity index is 2.43. The largest absolute Gasteiger partial charge is 0.466 e. The first kappa shape index (κ1) is 13.5. The van der Waals surface area contributed by atoms with E-state index in [1.807, 2.05) is 6.92 Å². The molecule has 4 heteroatoms. The number of allylic oxidation sites excluding steroid dienone is 2. The van der Waals surface area contributed by atoms with Crippen molar-refractivity contribution in [2.75, 3.05) is 6.61 Å². The maximum atomic E-state index is 11.1. The lowest BCUT2D eigenvalue weighted by molar-refractivity contribution is -0.142. The second kappa shape index (κ2) is 6.86. The number of hydrogen-bond acceptors (Lipinski definition) is 3. The van der Waals surface area contributed by atoms with Crippen LogP contribution in [-0.2, 0) is 9.53 Å². The molecule has 2 nitrogen and oxygen atoms in total. The number of halogens is 1. The Kier molecular flexibility index (Phi) is 5.77. The van der Waals surface area contributed by atoms with Crippen LogP contribution in [0.25, 0.3) is 5.57 Å². The molecule has 0 saturated carbocycles. The number of ether oxygens (including phenoxy) is 1. The summed E-state index contributed by atoms with van der Waals surface area (Å²) in [7, 11) is 0. The number of rotatable bonds is 5. The Hall–Kier alpha value is -0.610. The van der Waals surface area contributed by atoms with Crippen molar-refractivity contribution < 1.29 is 9.53 Å². The first-order valence-electron chi connectivity index (χ1n) is 5.20. The van der Waals surface area contributed by atoms with Gasteiger partial charge in [-0.15, -0.1) is 11.3 Å². The van der Waals surface area contributed by atoms with Crippen LogP contribution in [0.15, 0.2) is 22.0 Å². The van der Waals surface area contributed by atoms with Gasteiger partial charge >= 0.3 is 5.97 Å². The summed E-state index contributed by atoms with van der Waals surface area (Å²) < 4.78 is 5.96. The van der Waals surface area contributed by atoms with Crippen molar-refractivity contribution in [2.45, 2.75) is 26.7 Å². The fraction of sp³-hybridized carbons (Fsp3) is 0.417. The molecule has 0 atom stereocenters. The van der Waals surface area contributed by atoms with Gasteiger partial charge in [-0.1, -0.05) is 6.08 Å². The van der Waals surface area contributed by atoms with E-state index in [2.05, 4.69) is 40.4 Å². The number of hydrogen-bond donors (Lipinski definition) is 0. The van der Waals surface area contributed by atoms with Gasteiger partial charge < -0.3 is 4.74 Å². The molecule has 0 amide bonds. The molecular formula is C12H15BrO2S. The van der Waals surface area contributed by atoms with Gasteiger partial charge in [-0.05, 0) is 47.8 Å². The van der Waals surface area contributed by atoms with E-state index in [-0.39, 0.29) is 5.97 Å². The van der Waals surface area contributed by atoms with Crippen molar-refractivity contribution in [2.24, 2.45) is 0 Å². The maximum absolute atomic E-state index is 11.1. The van der Waals surface area contributed by atoms with Crippen LogP contribution in [-0.4, -0.2) is 12.6 Å². The second-order valence-electron chi connectivity index (χ2n) is 3.36. The second-order valence-corrected chi connectivity index (χ2v) is 5.19. The SMILES string of the molecule is CCOC(=O)CC/C=C(\C)c1cc(Br)cs1. The molecule has 0 spiro atoms. The summed E-state index contributed by atoms with van der Waals surface area (Å²) in [6, 6.07) is 2.08. The molecule has 0 aliphatic heterocycles. The normalized spacial score (nSPS) is 11.6. The molecule has 0 unspecified atom stereocenters. The lowest BCUT2D eigenvalue weighted by Crippen LogP contribution is -2.02. The highest BCUT2D eigenvalue weighted by Gasteiger charge is 2.02. The van der Waals surface area contributed by atoms with Gasteiger partial charge in [0.25, 0.3) is 0 Å². The van der Waals surface area contributed by atoms with Crippen molar-refractivity contribution >= 4 is 38.8 Å². The van der Waals surface area contributed by atoms with Gasteiger partial charge in [0.1, 0.15) is 0 Å². The zero-order chi connectivity index (χ0) is 12.0. The number of carbonyl (C=O) groups is 1. The van der Waals surface area contributed by atoms with E-state index in [9.17, 15) is 4.79 Å². The number of esters is 1. The van der Waals surface area contributed by atoms with Crippen molar-refractivity contribution in [1.29, 1.82) is 0 Å². The standard InChI is InChI=1S/C12H15BrO2S/c1-3-15-12(14)6-4-5-9(2)11-7-10(13)8-16-11/h5,7-8H,3-4,6H2,1-2H3/b9-5+. The smallest absolute Gasteiger partial charge is 0.306 e. The van der Waals surface area contributed by atoms with Crippen molar-refractivity contribution in [3.63, 3.8) is 0 Å². The van der Waals surface area contributed by atoms with E-state index < -0.39 is 0 Å². The molecule has 16 heavy (non-hydrogen) atoms. The zero-order valence-electron chi connectivity index (χ0n) is 9.46. The molecule has 0 saturated heterocycles. The third kappa shape index (κ3) is 4.49. The highest BCUT2D eigenvalue weighted by atomic mass is 79.9. The molecule has 1 rings (SSSR count). The monoisotopic (exact) mass is 302 g/mol. The van der Waals surface area contributed by atoms with Gasteiger partial charge in [-0.3, -0.25) is 4.79 Å². The molecule has 0 aliphatic carbocycles. The summed E-state index contributed by atoms with van der Waals surface area (Å²) in [5.41, 5.74) is 1.21. The first-order valence-corrected chi connectivity index (χ1v) is 6.87. The Morgan fingerprint density at radius 1 is 1.62 bits per heavy atom. The van der Waals surface area contributed by atoms with Crippen LogP contribution < -0.4 is 0 Å².